The van der Waals surface area contributed by atoms with Crippen LogP contribution in [-0.2, 0) is 15.1 Å². The summed E-state index contributed by atoms with van der Waals surface area (Å²) in [6, 6.07) is 9.02. The van der Waals surface area contributed by atoms with Crippen LogP contribution < -0.4 is 10.6 Å². The Morgan fingerprint density at radius 1 is 1.19 bits per heavy atom. The number of anilines is 1. The zero-order chi connectivity index (χ0) is 19.8. The number of nitrogens with one attached hydrogen (secondary N) is 2. The molecule has 0 spiro atoms. The first-order valence-electron chi connectivity index (χ1n) is 7.86. The van der Waals surface area contributed by atoms with Crippen LogP contribution in [0.5, 0.6) is 0 Å². The number of hydrogen-bond donors (Lipinski definition) is 2. The molecule has 1 unspecified atom stereocenters. The van der Waals surface area contributed by atoms with Crippen LogP contribution in [0.15, 0.2) is 46.9 Å². The van der Waals surface area contributed by atoms with Crippen LogP contribution in [0.4, 0.5) is 19.3 Å². The molecule has 3 rings (SSSR count). The first-order chi connectivity index (χ1) is 12.7. The first-order valence-corrected chi connectivity index (χ1v) is 8.65. The van der Waals surface area contributed by atoms with Crippen molar-refractivity contribution in [3.63, 3.8) is 0 Å². The van der Waals surface area contributed by atoms with Gasteiger partial charge in [0.2, 0.25) is 5.91 Å². The summed E-state index contributed by atoms with van der Waals surface area (Å²) >= 11 is 3.31. The molecule has 0 saturated carbocycles. The summed E-state index contributed by atoms with van der Waals surface area (Å²) in [5.41, 5.74) is -0.747. The molecular formula is C18H14BrF2N3O3. The van der Waals surface area contributed by atoms with E-state index in [-0.39, 0.29) is 5.69 Å². The number of halogens is 3. The molecule has 1 aliphatic heterocycles. The molecule has 0 radical (unpaired) electrons. The maximum absolute atomic E-state index is 13.2. The van der Waals surface area contributed by atoms with Gasteiger partial charge in [-0.15, -0.1) is 0 Å². The lowest BCUT2D eigenvalue weighted by atomic mass is 9.92. The van der Waals surface area contributed by atoms with Gasteiger partial charge in [-0.2, -0.15) is 0 Å². The van der Waals surface area contributed by atoms with Crippen LogP contribution in [0.2, 0.25) is 0 Å². The van der Waals surface area contributed by atoms with Crippen LogP contribution in [0, 0.1) is 11.6 Å². The molecule has 9 heteroatoms. The van der Waals surface area contributed by atoms with Gasteiger partial charge in [0.25, 0.3) is 5.91 Å². The normalized spacial score (nSPS) is 19.2. The fraction of sp³-hybridized carbons (Fsp3) is 0.167. The van der Waals surface area contributed by atoms with Gasteiger partial charge in [-0.3, -0.25) is 14.5 Å². The van der Waals surface area contributed by atoms with Crippen molar-refractivity contribution in [2.45, 2.75) is 12.5 Å². The van der Waals surface area contributed by atoms with Gasteiger partial charge >= 0.3 is 6.03 Å². The number of amides is 4. The molecule has 1 fully saturated rings. The summed E-state index contributed by atoms with van der Waals surface area (Å²) < 4.78 is 26.9. The van der Waals surface area contributed by atoms with E-state index < -0.39 is 41.6 Å². The maximum atomic E-state index is 13.2. The minimum Gasteiger partial charge on any atom is -0.324 e. The molecule has 0 aliphatic carbocycles. The van der Waals surface area contributed by atoms with Crippen LogP contribution in [0.25, 0.3) is 0 Å². The Morgan fingerprint density at radius 2 is 1.93 bits per heavy atom. The third-order valence-corrected chi connectivity index (χ3v) is 4.68. The number of hydrogen-bond acceptors (Lipinski definition) is 3. The van der Waals surface area contributed by atoms with Gasteiger partial charge in [0.05, 0.1) is 0 Å². The molecule has 1 aliphatic rings. The summed E-state index contributed by atoms with van der Waals surface area (Å²) in [4.78, 5) is 37.9. The predicted molar refractivity (Wildman–Crippen MR) is 96.7 cm³/mol. The van der Waals surface area contributed by atoms with Gasteiger partial charge in [-0.05, 0) is 36.8 Å². The Balaban J connectivity index is 1.75. The molecule has 1 heterocycles. The molecule has 0 bridgehead atoms. The average molecular weight is 438 g/mol. The lowest BCUT2D eigenvalue weighted by Crippen LogP contribution is -2.42. The van der Waals surface area contributed by atoms with E-state index in [2.05, 4.69) is 26.6 Å². The van der Waals surface area contributed by atoms with E-state index >= 15 is 0 Å². The fourth-order valence-electron chi connectivity index (χ4n) is 2.75. The van der Waals surface area contributed by atoms with Gasteiger partial charge in [0.1, 0.15) is 12.1 Å². The second-order valence-electron chi connectivity index (χ2n) is 6.13. The van der Waals surface area contributed by atoms with E-state index in [1.807, 2.05) is 0 Å². The van der Waals surface area contributed by atoms with E-state index in [9.17, 15) is 23.2 Å². The predicted octanol–water partition coefficient (Wildman–Crippen LogP) is 3.13. The highest BCUT2D eigenvalue weighted by Gasteiger charge is 2.49. The van der Waals surface area contributed by atoms with Crippen molar-refractivity contribution >= 4 is 39.5 Å². The number of rotatable bonds is 4. The van der Waals surface area contributed by atoms with E-state index in [0.29, 0.717) is 5.56 Å². The molecule has 2 N–H and O–H groups in total. The minimum atomic E-state index is -1.32. The number of carbonyl (C=O) groups is 3. The van der Waals surface area contributed by atoms with Crippen molar-refractivity contribution < 1.29 is 23.2 Å². The smallest absolute Gasteiger partial charge is 0.324 e. The number of urea groups is 1. The molecule has 140 valence electrons. The largest absolute Gasteiger partial charge is 0.325 e. The van der Waals surface area contributed by atoms with Gasteiger partial charge in [0, 0.05) is 16.2 Å². The number of carbonyl (C=O) groups excluding carboxylic acids is 3. The van der Waals surface area contributed by atoms with Crippen LogP contribution in [-0.4, -0.2) is 29.3 Å². The topological polar surface area (TPSA) is 78.5 Å². The Kier molecular flexibility index (Phi) is 4.97. The lowest BCUT2D eigenvalue weighted by molar-refractivity contribution is -0.133. The highest BCUT2D eigenvalue weighted by Crippen LogP contribution is 2.30. The molecule has 1 saturated heterocycles. The minimum absolute atomic E-state index is 0.0145. The first kappa shape index (κ1) is 19.0. The molecular weight excluding hydrogens is 424 g/mol. The van der Waals surface area contributed by atoms with E-state index in [1.54, 1.807) is 31.2 Å². The Labute approximate surface area is 161 Å². The Morgan fingerprint density at radius 3 is 2.59 bits per heavy atom. The van der Waals surface area contributed by atoms with Crippen LogP contribution >= 0.6 is 15.9 Å². The standard InChI is InChI=1S/C18H14BrF2N3O3/c1-18(10-3-2-4-11(19)7-10)16(26)24(17(27)23-18)9-15(25)22-12-5-6-13(20)14(21)8-12/h2-8H,9H2,1H3,(H,22,25)(H,23,27). The summed E-state index contributed by atoms with van der Waals surface area (Å²) in [6.45, 7) is 0.982. The fourth-order valence-corrected chi connectivity index (χ4v) is 3.15. The quantitative estimate of drug-likeness (QED) is 0.721. The molecule has 6 nitrogen and oxygen atoms in total. The third-order valence-electron chi connectivity index (χ3n) is 4.18. The molecule has 4 amide bonds. The van der Waals surface area contributed by atoms with Crippen molar-refractivity contribution in [1.82, 2.24) is 10.2 Å². The van der Waals surface area contributed by atoms with Crippen molar-refractivity contribution in [2.75, 3.05) is 11.9 Å². The monoisotopic (exact) mass is 437 g/mol. The summed E-state index contributed by atoms with van der Waals surface area (Å²) in [6.07, 6.45) is 0. The third kappa shape index (κ3) is 3.68. The van der Waals surface area contributed by atoms with Gasteiger partial charge in [-0.25, -0.2) is 13.6 Å². The highest BCUT2D eigenvalue weighted by atomic mass is 79.9. The lowest BCUT2D eigenvalue weighted by Gasteiger charge is -2.22. The summed E-state index contributed by atoms with van der Waals surface area (Å²) in [5, 5.41) is 4.91. The van der Waals surface area contributed by atoms with Gasteiger partial charge in [0.15, 0.2) is 11.6 Å². The second kappa shape index (κ2) is 7.07. The van der Waals surface area contributed by atoms with Crippen LogP contribution in [0.3, 0.4) is 0 Å². The molecule has 2 aromatic rings. The van der Waals surface area contributed by atoms with Crippen molar-refractivity contribution in [1.29, 1.82) is 0 Å². The van der Waals surface area contributed by atoms with Crippen molar-refractivity contribution in [3.05, 3.63) is 64.1 Å². The zero-order valence-corrected chi connectivity index (χ0v) is 15.6. The zero-order valence-electron chi connectivity index (χ0n) is 14.1. The van der Waals surface area contributed by atoms with E-state index in [4.69, 9.17) is 0 Å². The maximum Gasteiger partial charge on any atom is 0.325 e. The second-order valence-corrected chi connectivity index (χ2v) is 7.05. The van der Waals surface area contributed by atoms with E-state index in [0.717, 1.165) is 21.5 Å². The number of imide groups is 1. The van der Waals surface area contributed by atoms with Crippen molar-refractivity contribution in [2.24, 2.45) is 0 Å². The number of benzene rings is 2. The summed E-state index contributed by atoms with van der Waals surface area (Å²) in [5.74, 6) is -3.48. The molecule has 27 heavy (non-hydrogen) atoms. The Bertz CT molecular complexity index is 953. The molecule has 0 aromatic heterocycles. The Hall–Kier alpha value is -2.81. The molecule has 2 aromatic carbocycles. The van der Waals surface area contributed by atoms with E-state index in [1.165, 1.54) is 6.07 Å². The summed E-state index contributed by atoms with van der Waals surface area (Å²) in [7, 11) is 0. The highest BCUT2D eigenvalue weighted by molar-refractivity contribution is 9.10. The van der Waals surface area contributed by atoms with Crippen LogP contribution in [0.1, 0.15) is 12.5 Å². The van der Waals surface area contributed by atoms with Crippen molar-refractivity contribution in [3.8, 4) is 0 Å². The SMILES string of the molecule is CC1(c2cccc(Br)c2)NC(=O)N(CC(=O)Nc2ccc(F)c(F)c2)C1=O. The number of nitrogens with zero attached hydrogens (tertiary/aromatic N) is 1. The molecule has 1 atom stereocenters. The average Bonchev–Trinajstić information content (AvgIpc) is 2.82. The van der Waals surface area contributed by atoms with Gasteiger partial charge < -0.3 is 10.6 Å². The van der Waals surface area contributed by atoms with Gasteiger partial charge in [-0.1, -0.05) is 28.1 Å².